The minimum atomic E-state index is -0.511. The molecule has 1 atom stereocenters. The molecular formula is C21H27NO3. The van der Waals surface area contributed by atoms with Gasteiger partial charge in [-0.1, -0.05) is 49.4 Å². The molecule has 1 amide bonds. The van der Waals surface area contributed by atoms with Crippen molar-refractivity contribution >= 4 is 6.09 Å². The van der Waals surface area contributed by atoms with Crippen molar-refractivity contribution in [2.75, 3.05) is 0 Å². The van der Waals surface area contributed by atoms with Crippen LogP contribution in [0.15, 0.2) is 54.6 Å². The number of hydrogen-bond acceptors (Lipinski definition) is 3. The van der Waals surface area contributed by atoms with Gasteiger partial charge in [0.25, 0.3) is 0 Å². The third kappa shape index (κ3) is 6.49. The molecule has 0 saturated heterocycles. The first-order valence-corrected chi connectivity index (χ1v) is 8.63. The van der Waals surface area contributed by atoms with Crippen LogP contribution in [0.3, 0.4) is 0 Å². The van der Waals surface area contributed by atoms with E-state index in [1.807, 2.05) is 82.3 Å². The molecule has 0 aliphatic carbocycles. The van der Waals surface area contributed by atoms with E-state index in [4.69, 9.17) is 9.47 Å². The van der Waals surface area contributed by atoms with E-state index in [-0.39, 0.29) is 6.04 Å². The summed E-state index contributed by atoms with van der Waals surface area (Å²) in [7, 11) is 0. The lowest BCUT2D eigenvalue weighted by Gasteiger charge is -2.23. The summed E-state index contributed by atoms with van der Waals surface area (Å²) in [4.78, 5) is 12.0. The van der Waals surface area contributed by atoms with E-state index in [1.165, 1.54) is 0 Å². The van der Waals surface area contributed by atoms with Crippen molar-refractivity contribution in [1.29, 1.82) is 0 Å². The molecule has 4 nitrogen and oxygen atoms in total. The maximum Gasteiger partial charge on any atom is 0.408 e. The number of hydrogen-bond donors (Lipinski definition) is 1. The van der Waals surface area contributed by atoms with E-state index in [1.54, 1.807) is 0 Å². The van der Waals surface area contributed by atoms with Gasteiger partial charge in [0, 0.05) is 0 Å². The van der Waals surface area contributed by atoms with E-state index in [2.05, 4.69) is 5.32 Å². The third-order valence-corrected chi connectivity index (χ3v) is 3.61. The van der Waals surface area contributed by atoms with Crippen molar-refractivity contribution in [3.8, 4) is 5.75 Å². The second kappa shape index (κ2) is 8.56. The van der Waals surface area contributed by atoms with Gasteiger partial charge in [0.1, 0.15) is 18.0 Å². The average molecular weight is 341 g/mol. The van der Waals surface area contributed by atoms with Crippen LogP contribution in [-0.4, -0.2) is 11.7 Å². The monoisotopic (exact) mass is 341 g/mol. The standard InChI is InChI=1S/C21H27NO3/c1-5-19(22-20(23)25-21(2,3)4)17-12-9-13-18(14-17)24-15-16-10-7-6-8-11-16/h6-14,19H,5,15H2,1-4H3,(H,22,23). The van der Waals surface area contributed by atoms with Gasteiger partial charge in [0.2, 0.25) is 0 Å². The molecule has 0 heterocycles. The Morgan fingerprint density at radius 3 is 2.44 bits per heavy atom. The number of carbonyl (C=O) groups is 1. The van der Waals surface area contributed by atoms with Gasteiger partial charge in [-0.25, -0.2) is 4.79 Å². The minimum Gasteiger partial charge on any atom is -0.489 e. The van der Waals surface area contributed by atoms with Gasteiger partial charge in [-0.05, 0) is 50.5 Å². The fraction of sp³-hybridized carbons (Fsp3) is 0.381. The molecule has 1 N–H and O–H groups in total. The van der Waals surface area contributed by atoms with Gasteiger partial charge < -0.3 is 14.8 Å². The fourth-order valence-corrected chi connectivity index (χ4v) is 2.43. The Hall–Kier alpha value is -2.49. The van der Waals surface area contributed by atoms with Gasteiger partial charge in [-0.2, -0.15) is 0 Å². The summed E-state index contributed by atoms with van der Waals surface area (Å²) in [6.07, 6.45) is 0.358. The molecule has 0 saturated carbocycles. The lowest BCUT2D eigenvalue weighted by atomic mass is 10.0. The molecule has 134 valence electrons. The van der Waals surface area contributed by atoms with Crippen molar-refractivity contribution in [3.05, 3.63) is 65.7 Å². The van der Waals surface area contributed by atoms with Gasteiger partial charge >= 0.3 is 6.09 Å². The number of ether oxygens (including phenoxy) is 2. The zero-order valence-corrected chi connectivity index (χ0v) is 15.4. The van der Waals surface area contributed by atoms with E-state index < -0.39 is 11.7 Å². The Kier molecular flexibility index (Phi) is 6.45. The highest BCUT2D eigenvalue weighted by Crippen LogP contribution is 2.23. The zero-order chi connectivity index (χ0) is 18.3. The maximum atomic E-state index is 12.0. The molecule has 0 aliphatic heterocycles. The van der Waals surface area contributed by atoms with E-state index in [0.29, 0.717) is 6.61 Å². The Morgan fingerprint density at radius 1 is 1.08 bits per heavy atom. The molecule has 0 aliphatic rings. The summed E-state index contributed by atoms with van der Waals surface area (Å²) in [5, 5.41) is 2.92. The van der Waals surface area contributed by atoms with E-state index >= 15 is 0 Å². The first-order valence-electron chi connectivity index (χ1n) is 8.63. The van der Waals surface area contributed by atoms with Crippen LogP contribution < -0.4 is 10.1 Å². The number of amides is 1. The van der Waals surface area contributed by atoms with Crippen LogP contribution in [0.4, 0.5) is 4.79 Å². The fourth-order valence-electron chi connectivity index (χ4n) is 2.43. The lowest BCUT2D eigenvalue weighted by Crippen LogP contribution is -2.34. The number of alkyl carbamates (subject to hydrolysis) is 1. The van der Waals surface area contributed by atoms with Gasteiger partial charge in [-0.3, -0.25) is 0 Å². The average Bonchev–Trinajstić information content (AvgIpc) is 2.57. The Morgan fingerprint density at radius 2 is 1.80 bits per heavy atom. The molecule has 0 bridgehead atoms. The summed E-state index contributed by atoms with van der Waals surface area (Å²) in [5.41, 5.74) is 1.61. The van der Waals surface area contributed by atoms with Crippen LogP contribution in [0, 0.1) is 0 Å². The van der Waals surface area contributed by atoms with Crippen molar-refractivity contribution in [1.82, 2.24) is 5.32 Å². The van der Waals surface area contributed by atoms with Crippen LogP contribution >= 0.6 is 0 Å². The molecule has 0 radical (unpaired) electrons. The third-order valence-electron chi connectivity index (χ3n) is 3.61. The SMILES string of the molecule is CCC(NC(=O)OC(C)(C)C)c1cccc(OCc2ccccc2)c1. The predicted octanol–water partition coefficient (Wildman–Crippen LogP) is 5.24. The molecule has 2 rings (SSSR count). The van der Waals surface area contributed by atoms with Crippen LogP contribution in [0.5, 0.6) is 5.75 Å². The van der Waals surface area contributed by atoms with Crippen molar-refractivity contribution in [2.45, 2.75) is 52.4 Å². The quantitative estimate of drug-likeness (QED) is 0.781. The first-order chi connectivity index (χ1) is 11.9. The summed E-state index contributed by atoms with van der Waals surface area (Å²) >= 11 is 0. The molecule has 2 aromatic rings. The van der Waals surface area contributed by atoms with Crippen molar-refractivity contribution in [2.24, 2.45) is 0 Å². The molecule has 4 heteroatoms. The highest BCUT2D eigenvalue weighted by atomic mass is 16.6. The highest BCUT2D eigenvalue weighted by Gasteiger charge is 2.19. The smallest absolute Gasteiger partial charge is 0.408 e. The lowest BCUT2D eigenvalue weighted by molar-refractivity contribution is 0.0502. The normalized spacial score (nSPS) is 12.3. The number of benzene rings is 2. The van der Waals surface area contributed by atoms with E-state index in [0.717, 1.165) is 23.3 Å². The van der Waals surface area contributed by atoms with Crippen molar-refractivity contribution in [3.63, 3.8) is 0 Å². The predicted molar refractivity (Wildman–Crippen MR) is 99.6 cm³/mol. The second-order valence-corrected chi connectivity index (χ2v) is 6.95. The van der Waals surface area contributed by atoms with E-state index in [9.17, 15) is 4.79 Å². The molecule has 2 aromatic carbocycles. The Labute approximate surface area is 150 Å². The molecule has 1 unspecified atom stereocenters. The summed E-state index contributed by atoms with van der Waals surface area (Å²) in [6, 6.07) is 17.7. The second-order valence-electron chi connectivity index (χ2n) is 6.95. The minimum absolute atomic E-state index is 0.116. The Balaban J connectivity index is 2.01. The van der Waals surface area contributed by atoms with Crippen LogP contribution in [0.25, 0.3) is 0 Å². The largest absolute Gasteiger partial charge is 0.489 e. The Bertz CT molecular complexity index is 677. The van der Waals surface area contributed by atoms with Crippen LogP contribution in [0.1, 0.15) is 51.3 Å². The zero-order valence-electron chi connectivity index (χ0n) is 15.4. The molecule has 0 spiro atoms. The molecular weight excluding hydrogens is 314 g/mol. The molecule has 25 heavy (non-hydrogen) atoms. The maximum absolute atomic E-state index is 12.0. The van der Waals surface area contributed by atoms with Gasteiger partial charge in [-0.15, -0.1) is 0 Å². The number of carbonyl (C=O) groups excluding carboxylic acids is 1. The topological polar surface area (TPSA) is 47.6 Å². The van der Waals surface area contributed by atoms with Gasteiger partial charge in [0.15, 0.2) is 0 Å². The summed E-state index contributed by atoms with van der Waals surface area (Å²) in [6.45, 7) is 8.10. The number of nitrogens with one attached hydrogen (secondary N) is 1. The molecule has 0 fully saturated rings. The van der Waals surface area contributed by atoms with Gasteiger partial charge in [0.05, 0.1) is 6.04 Å². The number of rotatable bonds is 6. The summed E-state index contributed by atoms with van der Waals surface area (Å²) in [5.74, 6) is 0.783. The van der Waals surface area contributed by atoms with Crippen LogP contribution in [-0.2, 0) is 11.3 Å². The summed E-state index contributed by atoms with van der Waals surface area (Å²) < 4.78 is 11.2. The molecule has 0 aromatic heterocycles. The first kappa shape index (κ1) is 18.8. The highest BCUT2D eigenvalue weighted by molar-refractivity contribution is 5.68. The van der Waals surface area contributed by atoms with Crippen molar-refractivity contribution < 1.29 is 14.3 Å². The van der Waals surface area contributed by atoms with Crippen LogP contribution in [0.2, 0.25) is 0 Å².